The van der Waals surface area contributed by atoms with Crippen molar-refractivity contribution in [1.82, 2.24) is 4.98 Å². The fourth-order valence-corrected chi connectivity index (χ4v) is 5.21. The summed E-state index contributed by atoms with van der Waals surface area (Å²) in [6, 6.07) is 54.9. The molecule has 6 bridgehead atoms. The zero-order valence-corrected chi connectivity index (χ0v) is 21.3. The van der Waals surface area contributed by atoms with Gasteiger partial charge in [0.2, 0.25) is 0 Å². The average Bonchev–Trinajstić information content (AvgIpc) is 3.00. The van der Waals surface area contributed by atoms with Gasteiger partial charge in [0.1, 0.15) is 11.6 Å². The Morgan fingerprint density at radius 1 is 0.282 bits per heavy atom. The highest BCUT2D eigenvalue weighted by Gasteiger charge is 2.22. The van der Waals surface area contributed by atoms with Gasteiger partial charge in [0.25, 0.3) is 0 Å². The van der Waals surface area contributed by atoms with Crippen molar-refractivity contribution >= 4 is 51.4 Å². The Morgan fingerprint density at radius 2 is 0.590 bits per heavy atom. The molecule has 7 rings (SSSR count). The smallest absolute Gasteiger partial charge is 0.140 e. The second-order valence-corrected chi connectivity index (χ2v) is 9.41. The lowest BCUT2D eigenvalue weighted by Gasteiger charge is -2.32. The van der Waals surface area contributed by atoms with Crippen molar-refractivity contribution in [3.8, 4) is 0 Å². The number of nitrogens with zero attached hydrogens (tertiary/aromatic N) is 4. The molecule has 1 aromatic heterocycles. The lowest BCUT2D eigenvalue weighted by Crippen LogP contribution is -2.18. The monoisotopic (exact) mass is 502 g/mol. The van der Waals surface area contributed by atoms with Gasteiger partial charge in [0.15, 0.2) is 0 Å². The molecule has 0 aliphatic carbocycles. The summed E-state index contributed by atoms with van der Waals surface area (Å²) in [5.74, 6) is 1.69. The molecule has 186 valence electrons. The highest BCUT2D eigenvalue weighted by molar-refractivity contribution is 5.86. The maximum absolute atomic E-state index is 5.24. The maximum Gasteiger partial charge on any atom is 0.140 e. The molecule has 0 unspecified atom stereocenters. The topological polar surface area (TPSA) is 22.6 Å². The molecule has 0 atom stereocenters. The minimum absolute atomic E-state index is 0.847. The number of pyridine rings is 1. The van der Waals surface area contributed by atoms with Crippen LogP contribution in [0.1, 0.15) is 0 Å². The van der Waals surface area contributed by atoms with Crippen LogP contribution < -0.4 is 14.7 Å². The van der Waals surface area contributed by atoms with Crippen LogP contribution in [-0.2, 0) is 0 Å². The van der Waals surface area contributed by atoms with E-state index in [0.29, 0.717) is 0 Å². The van der Waals surface area contributed by atoms with Crippen LogP contribution in [-0.4, -0.2) is 4.98 Å². The predicted octanol–water partition coefficient (Wildman–Crippen LogP) is 9.80. The van der Waals surface area contributed by atoms with Crippen molar-refractivity contribution in [2.24, 2.45) is 0 Å². The maximum atomic E-state index is 5.24. The second kappa shape index (κ2) is 9.84. The Kier molecular flexibility index (Phi) is 5.76. The first kappa shape index (κ1) is 22.8. The molecule has 0 N–H and O–H groups in total. The van der Waals surface area contributed by atoms with Crippen molar-refractivity contribution in [2.75, 3.05) is 14.7 Å². The summed E-state index contributed by atoms with van der Waals surface area (Å²) in [6.07, 6.45) is 0. The number of hydrogen-bond donors (Lipinski definition) is 0. The first-order valence-electron chi connectivity index (χ1n) is 13.1. The fraction of sp³-hybridized carbons (Fsp3) is 0. The van der Waals surface area contributed by atoms with E-state index in [0.717, 1.165) is 51.4 Å². The molecule has 5 aromatic carbocycles. The predicted molar refractivity (Wildman–Crippen MR) is 162 cm³/mol. The summed E-state index contributed by atoms with van der Waals surface area (Å²) >= 11 is 0. The second-order valence-electron chi connectivity index (χ2n) is 9.41. The van der Waals surface area contributed by atoms with Crippen LogP contribution in [0.25, 0.3) is 0 Å². The van der Waals surface area contributed by atoms with Gasteiger partial charge < -0.3 is 4.90 Å². The first-order chi connectivity index (χ1) is 19.3. The standard InChI is InChI=1S/C35H26N4/c1-4-13-27(14-5-1)37-30-19-10-21-32(25-30)38(28-15-6-2-7-16-28)34-23-12-24-35(36-34)39(29-17-8-3-9-18-29)33-22-11-20-31(37)26-33/h1-26H. The molecule has 0 fully saturated rings. The lowest BCUT2D eigenvalue weighted by molar-refractivity contribution is 1.12. The molecule has 0 saturated heterocycles. The number of benzene rings is 5. The Labute approximate surface area is 228 Å². The molecular weight excluding hydrogens is 476 g/mol. The largest absolute Gasteiger partial charge is 0.310 e. The molecule has 2 heterocycles. The zero-order valence-electron chi connectivity index (χ0n) is 21.3. The molecule has 0 saturated carbocycles. The number of anilines is 9. The zero-order chi connectivity index (χ0) is 26.0. The quantitative estimate of drug-likeness (QED) is 0.240. The van der Waals surface area contributed by atoms with Gasteiger partial charge in [-0.15, -0.1) is 0 Å². The van der Waals surface area contributed by atoms with Crippen LogP contribution in [0.5, 0.6) is 0 Å². The van der Waals surface area contributed by atoms with Gasteiger partial charge in [-0.25, -0.2) is 4.98 Å². The van der Waals surface area contributed by atoms with Crippen molar-refractivity contribution in [1.29, 1.82) is 0 Å². The fourth-order valence-electron chi connectivity index (χ4n) is 5.21. The molecule has 6 aromatic rings. The Hall–Kier alpha value is -5.35. The van der Waals surface area contributed by atoms with E-state index >= 15 is 0 Å². The number of hydrogen-bond acceptors (Lipinski definition) is 4. The Bertz CT molecular complexity index is 1450. The summed E-state index contributed by atoms with van der Waals surface area (Å²) in [5, 5.41) is 0. The van der Waals surface area contributed by atoms with Crippen LogP contribution >= 0.6 is 0 Å². The van der Waals surface area contributed by atoms with E-state index in [1.807, 2.05) is 12.1 Å². The van der Waals surface area contributed by atoms with Gasteiger partial charge in [-0.05, 0) is 84.9 Å². The Morgan fingerprint density at radius 3 is 1.00 bits per heavy atom. The normalized spacial score (nSPS) is 12.5. The lowest BCUT2D eigenvalue weighted by atomic mass is 10.1. The Balaban J connectivity index is 1.55. The van der Waals surface area contributed by atoms with Gasteiger partial charge in [-0.2, -0.15) is 0 Å². The molecule has 1 aliphatic heterocycles. The van der Waals surface area contributed by atoms with Gasteiger partial charge >= 0.3 is 0 Å². The van der Waals surface area contributed by atoms with E-state index in [1.165, 1.54) is 0 Å². The van der Waals surface area contributed by atoms with Crippen LogP contribution in [0.15, 0.2) is 158 Å². The molecule has 4 nitrogen and oxygen atoms in total. The van der Waals surface area contributed by atoms with Gasteiger partial charge in [0.05, 0.1) is 0 Å². The summed E-state index contributed by atoms with van der Waals surface area (Å²) < 4.78 is 0. The molecule has 0 radical (unpaired) electrons. The van der Waals surface area contributed by atoms with E-state index in [9.17, 15) is 0 Å². The third-order valence-corrected chi connectivity index (χ3v) is 6.91. The summed E-state index contributed by atoms with van der Waals surface area (Å²) in [5.41, 5.74) is 7.40. The van der Waals surface area contributed by atoms with E-state index in [4.69, 9.17) is 4.98 Å². The first-order valence-corrected chi connectivity index (χ1v) is 13.1. The molecule has 0 spiro atoms. The minimum Gasteiger partial charge on any atom is -0.310 e. The van der Waals surface area contributed by atoms with E-state index in [-0.39, 0.29) is 0 Å². The summed E-state index contributed by atoms with van der Waals surface area (Å²) in [4.78, 5) is 12.0. The highest BCUT2D eigenvalue weighted by Crippen LogP contribution is 2.43. The van der Waals surface area contributed by atoms with Crippen LogP contribution in [0.2, 0.25) is 0 Å². The van der Waals surface area contributed by atoms with Crippen molar-refractivity contribution in [3.05, 3.63) is 158 Å². The third-order valence-electron chi connectivity index (χ3n) is 6.91. The average molecular weight is 503 g/mol. The molecule has 0 amide bonds. The number of rotatable bonds is 3. The van der Waals surface area contributed by atoms with E-state index < -0.39 is 0 Å². The highest BCUT2D eigenvalue weighted by atomic mass is 15.3. The molecule has 4 heteroatoms. The molecule has 1 aliphatic rings. The third kappa shape index (κ3) is 4.28. The van der Waals surface area contributed by atoms with E-state index in [2.05, 4.69) is 160 Å². The van der Waals surface area contributed by atoms with Gasteiger partial charge in [-0.3, -0.25) is 9.80 Å². The number of fused-ring (bicyclic) bond motifs is 6. The van der Waals surface area contributed by atoms with Crippen molar-refractivity contribution < 1.29 is 0 Å². The SMILES string of the molecule is c1ccc(N2c3cccc(c3)N(c3ccccc3)c3cccc(n3)N(c3ccccc3)c3cccc2c3)cc1. The van der Waals surface area contributed by atoms with Crippen LogP contribution in [0.3, 0.4) is 0 Å². The van der Waals surface area contributed by atoms with Crippen LogP contribution in [0, 0.1) is 0 Å². The number of para-hydroxylation sites is 3. The van der Waals surface area contributed by atoms with Gasteiger partial charge in [-0.1, -0.05) is 72.8 Å². The van der Waals surface area contributed by atoms with Crippen molar-refractivity contribution in [2.45, 2.75) is 0 Å². The van der Waals surface area contributed by atoms with Crippen LogP contribution in [0.4, 0.5) is 51.4 Å². The summed E-state index contributed by atoms with van der Waals surface area (Å²) in [6.45, 7) is 0. The van der Waals surface area contributed by atoms with Crippen molar-refractivity contribution in [3.63, 3.8) is 0 Å². The summed E-state index contributed by atoms with van der Waals surface area (Å²) in [7, 11) is 0. The molecular formula is C35H26N4. The number of aromatic nitrogens is 1. The van der Waals surface area contributed by atoms with E-state index in [1.54, 1.807) is 0 Å². The molecule has 39 heavy (non-hydrogen) atoms. The minimum atomic E-state index is 0.847. The van der Waals surface area contributed by atoms with Gasteiger partial charge in [0, 0.05) is 39.8 Å².